The Kier molecular flexibility index (Phi) is 9.76. The van der Waals surface area contributed by atoms with E-state index in [0.29, 0.717) is 19.3 Å². The number of carbonyl (C=O) groups is 2. The van der Waals surface area contributed by atoms with E-state index in [1.165, 1.54) is 0 Å². The lowest BCUT2D eigenvalue weighted by molar-refractivity contribution is -0.133. The molecule has 4 nitrogen and oxygen atoms in total. The lowest BCUT2D eigenvalue weighted by Crippen LogP contribution is -2.00. The standard InChI is InChI=1S/C11H12O2.C7H10O2/c1-9(11(12)13)7-8-10-5-3-2-4-6-10;1-3-4-5-6(2)7(8)9/h2-6H,1,7-8H2,(H,12,13);3H,1-2,4-5H2,(H,8,9). The number of hydrogen-bond acceptors (Lipinski definition) is 2. The summed E-state index contributed by atoms with van der Waals surface area (Å²) >= 11 is 0. The van der Waals surface area contributed by atoms with Crippen LogP contribution in [-0.2, 0) is 16.0 Å². The van der Waals surface area contributed by atoms with Gasteiger partial charge in [-0.3, -0.25) is 0 Å². The highest BCUT2D eigenvalue weighted by Gasteiger charge is 2.03. The Morgan fingerprint density at radius 1 is 0.955 bits per heavy atom. The summed E-state index contributed by atoms with van der Waals surface area (Å²) in [5.74, 6) is -1.83. The molecule has 1 rings (SSSR count). The van der Waals surface area contributed by atoms with Crippen molar-refractivity contribution in [2.24, 2.45) is 0 Å². The van der Waals surface area contributed by atoms with Crippen LogP contribution < -0.4 is 0 Å². The van der Waals surface area contributed by atoms with Gasteiger partial charge < -0.3 is 10.2 Å². The molecule has 0 heterocycles. The van der Waals surface area contributed by atoms with Crippen molar-refractivity contribution in [3.8, 4) is 0 Å². The zero-order chi connectivity index (χ0) is 17.0. The average Bonchev–Trinajstić information content (AvgIpc) is 2.51. The molecule has 0 aromatic heterocycles. The maximum atomic E-state index is 10.4. The fourth-order valence-corrected chi connectivity index (χ4v) is 1.43. The molecule has 0 bridgehead atoms. The third kappa shape index (κ3) is 9.31. The molecule has 0 atom stereocenters. The predicted molar refractivity (Wildman–Crippen MR) is 87.7 cm³/mol. The first-order valence-electron chi connectivity index (χ1n) is 6.85. The summed E-state index contributed by atoms with van der Waals surface area (Å²) in [5, 5.41) is 16.8. The highest BCUT2D eigenvalue weighted by atomic mass is 16.4. The van der Waals surface area contributed by atoms with Crippen LogP contribution in [0.1, 0.15) is 24.8 Å². The molecule has 0 fully saturated rings. The predicted octanol–water partition coefficient (Wildman–Crippen LogP) is 3.85. The molecule has 0 aliphatic carbocycles. The van der Waals surface area contributed by atoms with Crippen LogP contribution in [0.3, 0.4) is 0 Å². The van der Waals surface area contributed by atoms with Gasteiger partial charge in [-0.2, -0.15) is 0 Å². The topological polar surface area (TPSA) is 74.6 Å². The maximum Gasteiger partial charge on any atom is 0.330 e. The van der Waals surface area contributed by atoms with Crippen molar-refractivity contribution in [2.75, 3.05) is 0 Å². The average molecular weight is 302 g/mol. The summed E-state index contributed by atoms with van der Waals surface area (Å²) in [6.07, 6.45) is 4.11. The number of allylic oxidation sites excluding steroid dienone is 1. The second-order valence-electron chi connectivity index (χ2n) is 4.63. The summed E-state index contributed by atoms with van der Waals surface area (Å²) in [6, 6.07) is 9.79. The highest BCUT2D eigenvalue weighted by Crippen LogP contribution is 2.07. The fraction of sp³-hybridized carbons (Fsp3) is 0.222. The van der Waals surface area contributed by atoms with E-state index in [0.717, 1.165) is 12.0 Å². The van der Waals surface area contributed by atoms with E-state index in [1.807, 2.05) is 30.3 Å². The van der Waals surface area contributed by atoms with Gasteiger partial charge in [0.1, 0.15) is 0 Å². The number of carboxylic acids is 2. The highest BCUT2D eigenvalue weighted by molar-refractivity contribution is 5.86. The Labute approximate surface area is 131 Å². The summed E-state index contributed by atoms with van der Waals surface area (Å²) in [5.41, 5.74) is 1.66. The Morgan fingerprint density at radius 3 is 1.91 bits per heavy atom. The third-order valence-electron chi connectivity index (χ3n) is 2.81. The van der Waals surface area contributed by atoms with E-state index >= 15 is 0 Å². The van der Waals surface area contributed by atoms with Gasteiger partial charge in [0.05, 0.1) is 0 Å². The molecule has 0 radical (unpaired) electrons. The molecule has 22 heavy (non-hydrogen) atoms. The molecule has 118 valence electrons. The van der Waals surface area contributed by atoms with E-state index in [4.69, 9.17) is 10.2 Å². The number of rotatable bonds is 8. The quantitative estimate of drug-likeness (QED) is 0.565. The van der Waals surface area contributed by atoms with Crippen molar-refractivity contribution in [3.63, 3.8) is 0 Å². The van der Waals surface area contributed by atoms with Crippen LogP contribution >= 0.6 is 0 Å². The largest absolute Gasteiger partial charge is 0.478 e. The van der Waals surface area contributed by atoms with Gasteiger partial charge in [0.15, 0.2) is 0 Å². The molecule has 0 aliphatic heterocycles. The second kappa shape index (κ2) is 11.1. The summed E-state index contributed by atoms with van der Waals surface area (Å²) < 4.78 is 0. The first-order chi connectivity index (χ1) is 10.4. The number of hydrogen-bond donors (Lipinski definition) is 2. The van der Waals surface area contributed by atoms with E-state index < -0.39 is 11.9 Å². The minimum atomic E-state index is -0.920. The minimum absolute atomic E-state index is 0.245. The van der Waals surface area contributed by atoms with Crippen LogP contribution in [0.4, 0.5) is 0 Å². The zero-order valence-corrected chi connectivity index (χ0v) is 12.6. The van der Waals surface area contributed by atoms with Gasteiger partial charge in [-0.05, 0) is 31.2 Å². The first kappa shape index (κ1) is 19.4. The van der Waals surface area contributed by atoms with E-state index in [-0.39, 0.29) is 11.1 Å². The molecular formula is C18H22O4. The minimum Gasteiger partial charge on any atom is -0.478 e. The molecule has 0 unspecified atom stereocenters. The lowest BCUT2D eigenvalue weighted by Gasteiger charge is -2.00. The van der Waals surface area contributed by atoms with Crippen molar-refractivity contribution >= 4 is 11.9 Å². The second-order valence-corrected chi connectivity index (χ2v) is 4.63. The SMILES string of the molecule is C=C(CCc1ccccc1)C(=O)O.C=CCCC(=C)C(=O)O. The smallest absolute Gasteiger partial charge is 0.330 e. The Hall–Kier alpha value is -2.62. The van der Waals surface area contributed by atoms with Gasteiger partial charge in [0, 0.05) is 11.1 Å². The van der Waals surface area contributed by atoms with Crippen LogP contribution in [0.2, 0.25) is 0 Å². The Morgan fingerprint density at radius 2 is 1.45 bits per heavy atom. The van der Waals surface area contributed by atoms with Crippen LogP contribution in [-0.4, -0.2) is 22.2 Å². The molecule has 1 aromatic carbocycles. The van der Waals surface area contributed by atoms with Crippen molar-refractivity contribution < 1.29 is 19.8 Å². The van der Waals surface area contributed by atoms with E-state index in [2.05, 4.69) is 19.7 Å². The number of aryl methyl sites for hydroxylation is 1. The normalized spacial score (nSPS) is 9.09. The van der Waals surface area contributed by atoms with Crippen molar-refractivity contribution in [2.45, 2.75) is 25.7 Å². The third-order valence-corrected chi connectivity index (χ3v) is 2.81. The summed E-state index contributed by atoms with van der Waals surface area (Å²) in [7, 11) is 0. The van der Waals surface area contributed by atoms with Crippen molar-refractivity contribution in [3.05, 3.63) is 72.9 Å². The van der Waals surface area contributed by atoms with Crippen LogP contribution in [0.25, 0.3) is 0 Å². The van der Waals surface area contributed by atoms with Crippen molar-refractivity contribution in [1.82, 2.24) is 0 Å². The number of carboxylic acid groups (broad SMARTS) is 2. The van der Waals surface area contributed by atoms with Gasteiger partial charge in [-0.25, -0.2) is 9.59 Å². The molecule has 0 aliphatic rings. The van der Waals surface area contributed by atoms with E-state index in [9.17, 15) is 9.59 Å². The lowest BCUT2D eigenvalue weighted by atomic mass is 10.1. The van der Waals surface area contributed by atoms with Crippen LogP contribution in [0.15, 0.2) is 67.3 Å². The van der Waals surface area contributed by atoms with Crippen molar-refractivity contribution in [1.29, 1.82) is 0 Å². The van der Waals surface area contributed by atoms with Crippen LogP contribution in [0.5, 0.6) is 0 Å². The van der Waals surface area contributed by atoms with Crippen LogP contribution in [0, 0.1) is 0 Å². The van der Waals surface area contributed by atoms with E-state index in [1.54, 1.807) is 6.08 Å². The molecule has 0 saturated carbocycles. The maximum absolute atomic E-state index is 10.4. The Bertz CT molecular complexity index is 529. The van der Waals surface area contributed by atoms with Gasteiger partial charge >= 0.3 is 11.9 Å². The fourth-order valence-electron chi connectivity index (χ4n) is 1.43. The van der Waals surface area contributed by atoms with Gasteiger partial charge in [-0.1, -0.05) is 49.6 Å². The van der Waals surface area contributed by atoms with Gasteiger partial charge in [0.25, 0.3) is 0 Å². The molecule has 0 saturated heterocycles. The summed E-state index contributed by atoms with van der Waals surface area (Å²) in [4.78, 5) is 20.5. The molecule has 0 spiro atoms. The van der Waals surface area contributed by atoms with Gasteiger partial charge in [-0.15, -0.1) is 6.58 Å². The zero-order valence-electron chi connectivity index (χ0n) is 12.6. The number of benzene rings is 1. The molecule has 0 amide bonds. The molecule has 4 heteroatoms. The number of aliphatic carboxylic acids is 2. The van der Waals surface area contributed by atoms with Gasteiger partial charge in [0.2, 0.25) is 0 Å². The first-order valence-corrected chi connectivity index (χ1v) is 6.85. The summed E-state index contributed by atoms with van der Waals surface area (Å²) in [6.45, 7) is 10.3. The molecule has 1 aromatic rings. The molecular weight excluding hydrogens is 280 g/mol. The molecule has 2 N–H and O–H groups in total. The Balaban J connectivity index is 0.000000433. The monoisotopic (exact) mass is 302 g/mol.